The lowest BCUT2D eigenvalue weighted by Gasteiger charge is -2.09. The second kappa shape index (κ2) is 4.48. The molecule has 0 bridgehead atoms. The molecule has 2 heterocycles. The molecule has 2 aliphatic carbocycles. The third-order valence-corrected chi connectivity index (χ3v) is 4.36. The summed E-state index contributed by atoms with van der Waals surface area (Å²) in [5.41, 5.74) is 4.20. The highest BCUT2D eigenvalue weighted by Crippen LogP contribution is 2.38. The molecule has 110 valence electrons. The van der Waals surface area contributed by atoms with E-state index in [9.17, 15) is 4.79 Å². The van der Waals surface area contributed by atoms with E-state index in [0.717, 1.165) is 54.8 Å². The Morgan fingerprint density at radius 3 is 3.00 bits per heavy atom. The van der Waals surface area contributed by atoms with Crippen LogP contribution in [0, 0.1) is 6.92 Å². The summed E-state index contributed by atoms with van der Waals surface area (Å²) in [6.07, 6.45) is 6.04. The Morgan fingerprint density at radius 1 is 1.48 bits per heavy atom. The first kappa shape index (κ1) is 12.7. The van der Waals surface area contributed by atoms with Gasteiger partial charge in [0.2, 0.25) is 0 Å². The maximum Gasteiger partial charge on any atom is 0.287 e. The lowest BCUT2D eigenvalue weighted by Crippen LogP contribution is -2.25. The maximum atomic E-state index is 12.3. The molecule has 4 rings (SSSR count). The van der Waals surface area contributed by atoms with Crippen molar-refractivity contribution < 1.29 is 9.21 Å². The molecular weight excluding hydrogens is 266 g/mol. The van der Waals surface area contributed by atoms with Gasteiger partial charge in [-0.25, -0.2) is 0 Å². The van der Waals surface area contributed by atoms with Gasteiger partial charge in [-0.2, -0.15) is 5.10 Å². The number of nitrogens with zero attached hydrogens (tertiary/aromatic N) is 2. The number of hydrogen-bond donors (Lipinski definition) is 1. The third kappa shape index (κ3) is 1.99. The van der Waals surface area contributed by atoms with Crippen LogP contribution in [-0.4, -0.2) is 21.7 Å². The molecule has 5 nitrogen and oxygen atoms in total. The molecule has 21 heavy (non-hydrogen) atoms. The summed E-state index contributed by atoms with van der Waals surface area (Å²) in [7, 11) is 0. The van der Waals surface area contributed by atoms with E-state index in [4.69, 9.17) is 4.42 Å². The number of amides is 1. The molecule has 2 aromatic rings. The van der Waals surface area contributed by atoms with Crippen molar-refractivity contribution in [3.8, 4) is 11.3 Å². The first-order chi connectivity index (χ1) is 10.2. The lowest BCUT2D eigenvalue weighted by atomic mass is 9.93. The minimum absolute atomic E-state index is 0.0825. The molecule has 0 atom stereocenters. The second-order valence-corrected chi connectivity index (χ2v) is 5.96. The fourth-order valence-corrected chi connectivity index (χ4v) is 3.02. The molecule has 0 unspecified atom stereocenters. The van der Waals surface area contributed by atoms with Crippen LogP contribution in [0.4, 0.5) is 0 Å². The molecule has 0 saturated heterocycles. The number of aryl methyl sites for hydroxylation is 3. The fourth-order valence-electron chi connectivity index (χ4n) is 3.02. The number of nitrogens with one attached hydrogen (secondary N) is 1. The van der Waals surface area contributed by atoms with Gasteiger partial charge < -0.3 is 9.73 Å². The average molecular weight is 285 g/mol. The van der Waals surface area contributed by atoms with Gasteiger partial charge in [0, 0.05) is 36.3 Å². The molecule has 1 saturated carbocycles. The van der Waals surface area contributed by atoms with Crippen molar-refractivity contribution in [2.45, 2.75) is 52.1 Å². The van der Waals surface area contributed by atoms with Crippen molar-refractivity contribution in [3.63, 3.8) is 0 Å². The Balaban J connectivity index is 1.76. The topological polar surface area (TPSA) is 60.1 Å². The SMILES string of the molecule is CCn1cc2c(n1)-c1c(oc(C(=O)NC3CC3)c1C)CC2. The Bertz CT molecular complexity index is 722. The average Bonchev–Trinajstić information content (AvgIpc) is 3.08. The molecule has 0 radical (unpaired) electrons. The summed E-state index contributed by atoms with van der Waals surface area (Å²) in [6, 6.07) is 0.342. The largest absolute Gasteiger partial charge is 0.455 e. The number of furan rings is 1. The standard InChI is InChI=1S/C16H19N3O2/c1-3-19-8-10-4-7-12-13(14(10)18-19)9(2)15(21-12)16(20)17-11-5-6-11/h8,11H,3-7H2,1-2H3,(H,17,20). The summed E-state index contributed by atoms with van der Waals surface area (Å²) < 4.78 is 7.82. The minimum Gasteiger partial charge on any atom is -0.455 e. The van der Waals surface area contributed by atoms with E-state index in [2.05, 4.69) is 23.5 Å². The van der Waals surface area contributed by atoms with Crippen LogP contribution in [0.3, 0.4) is 0 Å². The highest BCUT2D eigenvalue weighted by atomic mass is 16.4. The Labute approximate surface area is 123 Å². The zero-order valence-electron chi connectivity index (χ0n) is 12.4. The van der Waals surface area contributed by atoms with E-state index in [1.807, 2.05) is 11.6 Å². The molecular formula is C16H19N3O2. The summed E-state index contributed by atoms with van der Waals surface area (Å²) in [4.78, 5) is 12.3. The highest BCUT2D eigenvalue weighted by Gasteiger charge is 2.31. The van der Waals surface area contributed by atoms with Crippen LogP contribution in [-0.2, 0) is 19.4 Å². The number of aromatic nitrogens is 2. The fraction of sp³-hybridized carbons (Fsp3) is 0.500. The monoisotopic (exact) mass is 285 g/mol. The summed E-state index contributed by atoms with van der Waals surface area (Å²) in [5.74, 6) is 1.29. The number of fused-ring (bicyclic) bond motifs is 3. The molecule has 1 N–H and O–H groups in total. The van der Waals surface area contributed by atoms with Crippen LogP contribution in [0.15, 0.2) is 10.6 Å². The van der Waals surface area contributed by atoms with Crippen molar-refractivity contribution in [3.05, 3.63) is 28.8 Å². The first-order valence-electron chi connectivity index (χ1n) is 7.67. The summed E-state index contributed by atoms with van der Waals surface area (Å²) in [6.45, 7) is 4.90. The Morgan fingerprint density at radius 2 is 2.29 bits per heavy atom. The summed E-state index contributed by atoms with van der Waals surface area (Å²) >= 11 is 0. The van der Waals surface area contributed by atoms with E-state index in [-0.39, 0.29) is 5.91 Å². The Kier molecular flexibility index (Phi) is 2.71. The van der Waals surface area contributed by atoms with Gasteiger partial charge in [0.15, 0.2) is 5.76 Å². The van der Waals surface area contributed by atoms with E-state index in [1.165, 1.54) is 5.56 Å². The van der Waals surface area contributed by atoms with Crippen LogP contribution in [0.5, 0.6) is 0 Å². The molecule has 1 fully saturated rings. The number of rotatable bonds is 3. The van der Waals surface area contributed by atoms with E-state index < -0.39 is 0 Å². The third-order valence-electron chi connectivity index (χ3n) is 4.36. The van der Waals surface area contributed by atoms with Crippen LogP contribution in [0.2, 0.25) is 0 Å². The van der Waals surface area contributed by atoms with Crippen molar-refractivity contribution >= 4 is 5.91 Å². The molecule has 0 aliphatic heterocycles. The van der Waals surface area contributed by atoms with Gasteiger partial charge in [-0.1, -0.05) is 0 Å². The van der Waals surface area contributed by atoms with Gasteiger partial charge in [-0.3, -0.25) is 9.48 Å². The number of carbonyl (C=O) groups excluding carboxylic acids is 1. The van der Waals surface area contributed by atoms with Crippen molar-refractivity contribution in [1.82, 2.24) is 15.1 Å². The van der Waals surface area contributed by atoms with Gasteiger partial charge in [0.05, 0.1) is 5.69 Å². The van der Waals surface area contributed by atoms with Crippen molar-refractivity contribution in [2.75, 3.05) is 0 Å². The molecule has 1 amide bonds. The number of hydrogen-bond acceptors (Lipinski definition) is 3. The van der Waals surface area contributed by atoms with Gasteiger partial charge in [-0.05, 0) is 38.7 Å². The van der Waals surface area contributed by atoms with Crippen molar-refractivity contribution in [2.24, 2.45) is 0 Å². The molecule has 2 aliphatic rings. The van der Waals surface area contributed by atoms with Gasteiger partial charge in [0.25, 0.3) is 5.91 Å². The normalized spacial score (nSPS) is 16.5. The second-order valence-electron chi connectivity index (χ2n) is 5.96. The summed E-state index contributed by atoms with van der Waals surface area (Å²) in [5, 5.41) is 7.64. The van der Waals surface area contributed by atoms with E-state index in [1.54, 1.807) is 0 Å². The predicted octanol–water partition coefficient (Wildman–Crippen LogP) is 2.46. The molecule has 5 heteroatoms. The highest BCUT2D eigenvalue weighted by molar-refractivity contribution is 5.96. The maximum absolute atomic E-state index is 12.3. The van der Waals surface area contributed by atoms with Crippen LogP contribution in [0.25, 0.3) is 11.3 Å². The van der Waals surface area contributed by atoms with Crippen LogP contribution in [0.1, 0.15) is 47.2 Å². The Hall–Kier alpha value is -2.04. The molecule has 2 aromatic heterocycles. The predicted molar refractivity (Wildman–Crippen MR) is 78.2 cm³/mol. The van der Waals surface area contributed by atoms with Crippen LogP contribution >= 0.6 is 0 Å². The molecule has 0 aromatic carbocycles. The quantitative estimate of drug-likeness (QED) is 0.942. The first-order valence-corrected chi connectivity index (χ1v) is 7.67. The number of carbonyl (C=O) groups is 1. The van der Waals surface area contributed by atoms with Crippen molar-refractivity contribution in [1.29, 1.82) is 0 Å². The van der Waals surface area contributed by atoms with Gasteiger partial charge in [0.1, 0.15) is 5.76 Å². The lowest BCUT2D eigenvalue weighted by molar-refractivity contribution is 0.0920. The zero-order chi connectivity index (χ0) is 14.6. The van der Waals surface area contributed by atoms with Gasteiger partial charge in [-0.15, -0.1) is 0 Å². The smallest absolute Gasteiger partial charge is 0.287 e. The van der Waals surface area contributed by atoms with E-state index >= 15 is 0 Å². The van der Waals surface area contributed by atoms with Gasteiger partial charge >= 0.3 is 0 Å². The van der Waals surface area contributed by atoms with Crippen LogP contribution < -0.4 is 5.32 Å². The van der Waals surface area contributed by atoms with E-state index in [0.29, 0.717) is 11.8 Å². The molecule has 0 spiro atoms. The minimum atomic E-state index is -0.0825. The zero-order valence-corrected chi connectivity index (χ0v) is 12.4.